The van der Waals surface area contributed by atoms with E-state index in [-0.39, 0.29) is 12.4 Å². The van der Waals surface area contributed by atoms with E-state index in [0.29, 0.717) is 5.92 Å². The fourth-order valence-corrected chi connectivity index (χ4v) is 1.85. The zero-order valence-corrected chi connectivity index (χ0v) is 9.78. The van der Waals surface area contributed by atoms with Gasteiger partial charge in [0, 0.05) is 18.5 Å². The van der Waals surface area contributed by atoms with Gasteiger partial charge in [0.05, 0.1) is 0 Å². The molecule has 2 rings (SSSR count). The minimum Gasteiger partial charge on any atom is -0.396 e. The highest BCUT2D eigenvalue weighted by atomic mass is 19.1. The van der Waals surface area contributed by atoms with E-state index in [4.69, 9.17) is 5.11 Å². The van der Waals surface area contributed by atoms with Crippen molar-refractivity contribution in [3.8, 4) is 11.1 Å². The molecule has 2 N–H and O–H groups in total. The van der Waals surface area contributed by atoms with Gasteiger partial charge in [-0.05, 0) is 41.7 Å². The molecule has 1 heterocycles. The molecule has 0 radical (unpaired) electrons. The van der Waals surface area contributed by atoms with Crippen LogP contribution in [0.5, 0.6) is 0 Å². The van der Waals surface area contributed by atoms with Gasteiger partial charge in [0.2, 0.25) is 0 Å². The Kier molecular flexibility index (Phi) is 3.59. The van der Waals surface area contributed by atoms with Gasteiger partial charge in [-0.15, -0.1) is 0 Å². The third-order valence-electron chi connectivity index (χ3n) is 2.98. The summed E-state index contributed by atoms with van der Waals surface area (Å²) < 4.78 is 12.8. The number of nitrogens with one attached hydrogen (secondary N) is 1. The quantitative estimate of drug-likeness (QED) is 0.835. The lowest BCUT2D eigenvalue weighted by molar-refractivity contribution is 0.278. The van der Waals surface area contributed by atoms with E-state index in [1.807, 2.05) is 12.3 Å². The topological polar surface area (TPSA) is 36.0 Å². The SMILES string of the molecule is CC(CCO)c1cc(-c2ccc(F)cc2)c[nH]1. The molecule has 1 aromatic carbocycles. The van der Waals surface area contributed by atoms with Crippen LogP contribution in [0.4, 0.5) is 4.39 Å². The first-order valence-corrected chi connectivity index (χ1v) is 5.76. The second kappa shape index (κ2) is 5.15. The van der Waals surface area contributed by atoms with Gasteiger partial charge < -0.3 is 10.1 Å². The summed E-state index contributed by atoms with van der Waals surface area (Å²) in [5.74, 6) is 0.0763. The van der Waals surface area contributed by atoms with Gasteiger partial charge >= 0.3 is 0 Å². The first-order valence-electron chi connectivity index (χ1n) is 5.76. The molecule has 2 nitrogen and oxygen atoms in total. The van der Waals surface area contributed by atoms with Gasteiger partial charge in [-0.25, -0.2) is 4.39 Å². The van der Waals surface area contributed by atoms with Crippen molar-refractivity contribution in [2.45, 2.75) is 19.3 Å². The molecule has 0 amide bonds. The number of halogens is 1. The molecule has 0 fully saturated rings. The van der Waals surface area contributed by atoms with Crippen LogP contribution in [0.2, 0.25) is 0 Å². The molecule has 3 heteroatoms. The van der Waals surface area contributed by atoms with Crippen molar-refractivity contribution in [1.29, 1.82) is 0 Å². The fraction of sp³-hybridized carbons (Fsp3) is 0.286. The van der Waals surface area contributed by atoms with Crippen LogP contribution >= 0.6 is 0 Å². The average Bonchev–Trinajstić information content (AvgIpc) is 2.80. The number of benzene rings is 1. The Hall–Kier alpha value is -1.61. The zero-order chi connectivity index (χ0) is 12.3. The maximum absolute atomic E-state index is 12.8. The van der Waals surface area contributed by atoms with Gasteiger partial charge in [0.25, 0.3) is 0 Å². The number of aliphatic hydroxyl groups excluding tert-OH is 1. The first kappa shape index (κ1) is 11.9. The van der Waals surface area contributed by atoms with Crippen LogP contribution in [0, 0.1) is 5.82 Å². The van der Waals surface area contributed by atoms with E-state index in [1.165, 1.54) is 12.1 Å². The van der Waals surface area contributed by atoms with Crippen molar-refractivity contribution in [2.75, 3.05) is 6.61 Å². The Bertz CT molecular complexity index is 475. The second-order valence-electron chi connectivity index (χ2n) is 4.26. The highest BCUT2D eigenvalue weighted by Gasteiger charge is 2.08. The zero-order valence-electron chi connectivity index (χ0n) is 9.78. The highest BCUT2D eigenvalue weighted by molar-refractivity contribution is 5.63. The minimum absolute atomic E-state index is 0.187. The summed E-state index contributed by atoms with van der Waals surface area (Å²) >= 11 is 0. The third-order valence-corrected chi connectivity index (χ3v) is 2.98. The Morgan fingerprint density at radius 3 is 2.59 bits per heavy atom. The predicted octanol–water partition coefficient (Wildman–Crippen LogP) is 3.31. The summed E-state index contributed by atoms with van der Waals surface area (Å²) in [5, 5.41) is 8.90. The summed E-state index contributed by atoms with van der Waals surface area (Å²) in [7, 11) is 0. The lowest BCUT2D eigenvalue weighted by Gasteiger charge is -2.06. The van der Waals surface area contributed by atoms with Crippen LogP contribution in [0.3, 0.4) is 0 Å². The molecule has 0 aliphatic rings. The third kappa shape index (κ3) is 2.74. The van der Waals surface area contributed by atoms with Gasteiger partial charge in [0.1, 0.15) is 5.82 Å². The summed E-state index contributed by atoms with van der Waals surface area (Å²) in [6.07, 6.45) is 2.65. The van der Waals surface area contributed by atoms with Crippen molar-refractivity contribution >= 4 is 0 Å². The molecule has 90 valence electrons. The standard InChI is InChI=1S/C14H16FNO/c1-10(6-7-17)14-8-12(9-16-14)11-2-4-13(15)5-3-11/h2-5,8-10,16-17H,6-7H2,1H3. The van der Waals surface area contributed by atoms with Gasteiger partial charge in [0.15, 0.2) is 0 Å². The highest BCUT2D eigenvalue weighted by Crippen LogP contribution is 2.25. The largest absolute Gasteiger partial charge is 0.396 e. The van der Waals surface area contributed by atoms with Crippen molar-refractivity contribution < 1.29 is 9.50 Å². The van der Waals surface area contributed by atoms with E-state index in [9.17, 15) is 4.39 Å². The minimum atomic E-state index is -0.224. The lowest BCUT2D eigenvalue weighted by Crippen LogP contribution is -1.96. The summed E-state index contributed by atoms with van der Waals surface area (Å²) in [6.45, 7) is 2.25. The van der Waals surface area contributed by atoms with Gasteiger partial charge in [-0.3, -0.25) is 0 Å². The Balaban J connectivity index is 2.20. The Morgan fingerprint density at radius 1 is 1.24 bits per heavy atom. The van der Waals surface area contributed by atoms with Crippen molar-refractivity contribution in [3.63, 3.8) is 0 Å². The van der Waals surface area contributed by atoms with Crippen LogP contribution in [0.1, 0.15) is 25.0 Å². The molecule has 0 aliphatic heterocycles. The number of aliphatic hydroxyl groups is 1. The molecule has 0 saturated heterocycles. The molecule has 0 aliphatic carbocycles. The van der Waals surface area contributed by atoms with E-state index < -0.39 is 0 Å². The lowest BCUT2D eigenvalue weighted by atomic mass is 10.0. The number of H-pyrrole nitrogens is 1. The van der Waals surface area contributed by atoms with Crippen LogP contribution < -0.4 is 0 Å². The maximum atomic E-state index is 12.8. The molecular weight excluding hydrogens is 217 g/mol. The number of aromatic nitrogens is 1. The first-order chi connectivity index (χ1) is 8.20. The molecule has 1 atom stereocenters. The smallest absolute Gasteiger partial charge is 0.123 e. The Labute approximate surface area is 100 Å². The van der Waals surface area contributed by atoms with Crippen molar-refractivity contribution in [1.82, 2.24) is 4.98 Å². The van der Waals surface area contributed by atoms with Crippen LogP contribution in [-0.4, -0.2) is 16.7 Å². The second-order valence-corrected chi connectivity index (χ2v) is 4.26. The molecule has 0 saturated carbocycles. The van der Waals surface area contributed by atoms with E-state index >= 15 is 0 Å². The van der Waals surface area contributed by atoms with E-state index in [1.54, 1.807) is 12.1 Å². The van der Waals surface area contributed by atoms with Crippen molar-refractivity contribution in [3.05, 3.63) is 48.0 Å². The van der Waals surface area contributed by atoms with Crippen molar-refractivity contribution in [2.24, 2.45) is 0 Å². The van der Waals surface area contributed by atoms with E-state index in [0.717, 1.165) is 23.2 Å². The monoisotopic (exact) mass is 233 g/mol. The summed E-state index contributed by atoms with van der Waals surface area (Å²) in [4.78, 5) is 3.20. The number of aromatic amines is 1. The molecule has 0 spiro atoms. The summed E-state index contributed by atoms with van der Waals surface area (Å²) in [5.41, 5.74) is 3.13. The average molecular weight is 233 g/mol. The van der Waals surface area contributed by atoms with Crippen LogP contribution in [0.15, 0.2) is 36.5 Å². The Morgan fingerprint density at radius 2 is 1.94 bits per heavy atom. The number of rotatable bonds is 4. The normalized spacial score (nSPS) is 12.6. The van der Waals surface area contributed by atoms with Crippen LogP contribution in [0.25, 0.3) is 11.1 Å². The van der Waals surface area contributed by atoms with Crippen LogP contribution in [-0.2, 0) is 0 Å². The summed E-state index contributed by atoms with van der Waals surface area (Å²) in [6, 6.07) is 8.49. The fourth-order valence-electron chi connectivity index (χ4n) is 1.85. The molecule has 1 aromatic heterocycles. The molecule has 0 bridgehead atoms. The predicted molar refractivity (Wildman–Crippen MR) is 66.3 cm³/mol. The molecular formula is C14H16FNO. The van der Waals surface area contributed by atoms with E-state index in [2.05, 4.69) is 11.9 Å². The molecule has 1 unspecified atom stereocenters. The molecule has 17 heavy (non-hydrogen) atoms. The molecule has 2 aromatic rings. The number of hydrogen-bond donors (Lipinski definition) is 2. The van der Waals surface area contributed by atoms with Gasteiger partial charge in [-0.2, -0.15) is 0 Å². The number of hydrogen-bond acceptors (Lipinski definition) is 1. The van der Waals surface area contributed by atoms with Gasteiger partial charge in [-0.1, -0.05) is 19.1 Å². The maximum Gasteiger partial charge on any atom is 0.123 e.